The van der Waals surface area contributed by atoms with Crippen LogP contribution in [0, 0.1) is 11.8 Å². The van der Waals surface area contributed by atoms with Gasteiger partial charge in [0.15, 0.2) is 6.23 Å². The molecule has 59 heavy (non-hydrogen) atoms. The summed E-state index contributed by atoms with van der Waals surface area (Å²) in [5, 5.41) is 10.9. The normalized spacial score (nSPS) is 20.0. The maximum Gasteiger partial charge on any atom is 0.409 e. The van der Waals surface area contributed by atoms with Crippen molar-refractivity contribution in [3.05, 3.63) is 126 Å². The minimum atomic E-state index is -0.881. The van der Waals surface area contributed by atoms with Crippen molar-refractivity contribution in [1.82, 2.24) is 35.9 Å². The van der Waals surface area contributed by atoms with Gasteiger partial charge in [-0.1, -0.05) is 84.8 Å². The fourth-order valence-corrected chi connectivity index (χ4v) is 7.92. The largest absolute Gasteiger partial charge is 0.453 e. The SMILES string of the molecule is COC(=O)NC(ON1CCCC1C1N=C(C#Cc2ccc(-c3ccc4nc(C5CCCN5C(=O)C(NC(=O)OC)c5ccccc5)[nH]c4c3)cc2)CN1)c1ccccc1. The number of rotatable bonds is 10. The fourth-order valence-electron chi connectivity index (χ4n) is 7.92. The van der Waals surface area contributed by atoms with Crippen molar-refractivity contribution in [3.8, 4) is 23.0 Å². The minimum Gasteiger partial charge on any atom is -0.453 e. The van der Waals surface area contributed by atoms with Crippen molar-refractivity contribution in [1.29, 1.82) is 0 Å². The Bertz CT molecular complexity index is 2380. The zero-order valence-corrected chi connectivity index (χ0v) is 32.9. The first-order valence-corrected chi connectivity index (χ1v) is 19.8. The molecule has 8 rings (SSSR count). The van der Waals surface area contributed by atoms with Gasteiger partial charge in [0.25, 0.3) is 5.91 Å². The number of fused-ring (bicyclic) bond motifs is 1. The van der Waals surface area contributed by atoms with E-state index in [1.165, 1.54) is 14.2 Å². The van der Waals surface area contributed by atoms with Gasteiger partial charge in [-0.3, -0.25) is 25.3 Å². The Morgan fingerprint density at radius 1 is 0.797 bits per heavy atom. The van der Waals surface area contributed by atoms with Gasteiger partial charge >= 0.3 is 12.2 Å². The Balaban J connectivity index is 0.921. The number of alkyl carbamates (subject to hydrolysis) is 2. The third kappa shape index (κ3) is 8.97. The lowest BCUT2D eigenvalue weighted by Crippen LogP contribution is -2.46. The molecule has 0 aliphatic carbocycles. The zero-order chi connectivity index (χ0) is 40.7. The molecule has 2 fully saturated rings. The first-order valence-electron chi connectivity index (χ1n) is 19.8. The number of H-pyrrole nitrogens is 1. The Hall–Kier alpha value is -6.53. The average molecular weight is 795 g/mol. The Morgan fingerprint density at radius 3 is 2.24 bits per heavy atom. The summed E-state index contributed by atoms with van der Waals surface area (Å²) in [7, 11) is 2.61. The number of aliphatic imine (C=N–C) groups is 1. The molecule has 14 nitrogen and oxygen atoms in total. The van der Waals surface area contributed by atoms with Crippen molar-refractivity contribution in [2.24, 2.45) is 4.99 Å². The minimum absolute atomic E-state index is 0.0237. The van der Waals surface area contributed by atoms with Crippen LogP contribution in [-0.4, -0.2) is 89.8 Å². The van der Waals surface area contributed by atoms with E-state index in [9.17, 15) is 14.4 Å². The highest BCUT2D eigenvalue weighted by Gasteiger charge is 2.38. The predicted octanol–water partition coefficient (Wildman–Crippen LogP) is 6.16. The highest BCUT2D eigenvalue weighted by Crippen LogP contribution is 2.35. The van der Waals surface area contributed by atoms with Crippen molar-refractivity contribution >= 4 is 34.8 Å². The third-order valence-corrected chi connectivity index (χ3v) is 10.9. The summed E-state index contributed by atoms with van der Waals surface area (Å²) >= 11 is 0. The molecule has 0 saturated carbocycles. The molecule has 2 saturated heterocycles. The molecule has 4 heterocycles. The van der Waals surface area contributed by atoms with Crippen LogP contribution in [-0.2, 0) is 19.1 Å². The predicted molar refractivity (Wildman–Crippen MR) is 222 cm³/mol. The van der Waals surface area contributed by atoms with Gasteiger partial charge in [-0.05, 0) is 72.6 Å². The van der Waals surface area contributed by atoms with E-state index in [2.05, 4.69) is 51.0 Å². The summed E-state index contributed by atoms with van der Waals surface area (Å²) in [5.41, 5.74) is 6.87. The van der Waals surface area contributed by atoms with E-state index in [1.54, 1.807) is 4.90 Å². The van der Waals surface area contributed by atoms with Crippen LogP contribution in [0.1, 0.15) is 66.5 Å². The van der Waals surface area contributed by atoms with Gasteiger partial charge in [-0.25, -0.2) is 14.6 Å². The number of aromatic amines is 1. The fraction of sp³-hybridized carbons (Fsp3) is 0.311. The monoisotopic (exact) mass is 794 g/mol. The molecule has 3 aliphatic rings. The second-order valence-corrected chi connectivity index (χ2v) is 14.6. The molecule has 302 valence electrons. The standard InChI is InChI=1S/C45H46N8O6/c1-57-44(55)50-39(31-11-5-3-6-12-31)43(54)52-25-9-15-37(52)41-48-35-24-22-33(27-36(35)49-41)30-20-17-29(18-21-30)19-23-34-28-46-40(47-34)38-16-10-26-53(38)59-42(51-45(56)58-2)32-13-7-4-8-14-32/h3-8,11-14,17-18,20-22,24,27,37-40,42,46H,9-10,15-16,25-26,28H2,1-2H3,(H,48,49)(H,50,55)(H,51,56). The van der Waals surface area contributed by atoms with Crippen molar-refractivity contribution in [2.45, 2.75) is 56.2 Å². The number of hydrogen-bond acceptors (Lipinski definition) is 10. The number of nitrogens with one attached hydrogen (secondary N) is 4. The van der Waals surface area contributed by atoms with E-state index >= 15 is 0 Å². The molecule has 5 aromatic rings. The van der Waals surface area contributed by atoms with Gasteiger partial charge in [0.1, 0.15) is 23.7 Å². The number of aromatic nitrogens is 2. The van der Waals surface area contributed by atoms with Crippen molar-refractivity contribution in [3.63, 3.8) is 0 Å². The first kappa shape index (κ1) is 39.3. The van der Waals surface area contributed by atoms with Gasteiger partial charge in [0.05, 0.1) is 37.3 Å². The van der Waals surface area contributed by atoms with Crippen LogP contribution in [0.3, 0.4) is 0 Å². The van der Waals surface area contributed by atoms with E-state index in [4.69, 9.17) is 24.3 Å². The summed E-state index contributed by atoms with van der Waals surface area (Å²) in [4.78, 5) is 59.7. The van der Waals surface area contributed by atoms with E-state index in [0.717, 1.165) is 64.7 Å². The lowest BCUT2D eigenvalue weighted by molar-refractivity contribution is -0.219. The Labute approximate surface area is 342 Å². The number of amides is 3. The first-order chi connectivity index (χ1) is 28.9. The number of hydroxylamine groups is 2. The molecule has 14 heteroatoms. The summed E-state index contributed by atoms with van der Waals surface area (Å²) in [5.74, 6) is 7.03. The molecule has 0 radical (unpaired) electrons. The molecule has 5 atom stereocenters. The van der Waals surface area contributed by atoms with Gasteiger partial charge in [0.2, 0.25) is 0 Å². The van der Waals surface area contributed by atoms with Gasteiger partial charge in [0, 0.05) is 30.8 Å². The molecule has 5 unspecified atom stereocenters. The number of carbonyl (C=O) groups excluding carboxylic acids is 3. The molecule has 4 N–H and O–H groups in total. The summed E-state index contributed by atoms with van der Waals surface area (Å²) in [6.07, 6.45) is 1.27. The van der Waals surface area contributed by atoms with Gasteiger partial charge in [-0.2, -0.15) is 5.06 Å². The smallest absolute Gasteiger partial charge is 0.409 e. The van der Waals surface area contributed by atoms with Crippen LogP contribution in [0.25, 0.3) is 22.2 Å². The summed E-state index contributed by atoms with van der Waals surface area (Å²) < 4.78 is 9.68. The summed E-state index contributed by atoms with van der Waals surface area (Å²) in [6.45, 7) is 1.82. The van der Waals surface area contributed by atoms with Crippen LogP contribution in [0.4, 0.5) is 9.59 Å². The van der Waals surface area contributed by atoms with Gasteiger partial charge < -0.3 is 24.7 Å². The van der Waals surface area contributed by atoms with Crippen molar-refractivity contribution in [2.75, 3.05) is 33.9 Å². The summed E-state index contributed by atoms with van der Waals surface area (Å²) in [6, 6.07) is 31.8. The molecule has 1 aromatic heterocycles. The topological polar surface area (TPSA) is 163 Å². The van der Waals surface area contributed by atoms with E-state index in [1.807, 2.05) is 90.0 Å². The van der Waals surface area contributed by atoms with E-state index in [-0.39, 0.29) is 24.2 Å². The highest BCUT2D eigenvalue weighted by molar-refractivity contribution is 6.03. The molecule has 0 spiro atoms. The molecule has 4 aromatic carbocycles. The second-order valence-electron chi connectivity index (χ2n) is 14.6. The lowest BCUT2D eigenvalue weighted by Gasteiger charge is -2.31. The van der Waals surface area contributed by atoms with E-state index in [0.29, 0.717) is 31.0 Å². The zero-order valence-electron chi connectivity index (χ0n) is 32.9. The molecule has 3 amide bonds. The maximum atomic E-state index is 13.9. The molecule has 0 bridgehead atoms. The lowest BCUT2D eigenvalue weighted by atomic mass is 10.0. The molecule has 3 aliphatic heterocycles. The Morgan fingerprint density at radius 2 is 1.49 bits per heavy atom. The maximum absolute atomic E-state index is 13.9. The third-order valence-electron chi connectivity index (χ3n) is 10.9. The van der Waals surface area contributed by atoms with Crippen molar-refractivity contribution < 1.29 is 28.7 Å². The number of benzene rings is 4. The number of methoxy groups -OCH3 is 2. The van der Waals surface area contributed by atoms with Crippen LogP contribution >= 0.6 is 0 Å². The van der Waals surface area contributed by atoms with Crippen LogP contribution in [0.5, 0.6) is 0 Å². The second kappa shape index (κ2) is 17.9. The molecular weight excluding hydrogens is 749 g/mol. The molecular formula is C45H46N8O6. The van der Waals surface area contributed by atoms with Gasteiger partial charge in [-0.15, -0.1) is 0 Å². The number of nitrogens with zero attached hydrogens (tertiary/aromatic N) is 4. The quantitative estimate of drug-likeness (QED) is 0.0958. The average Bonchev–Trinajstić information content (AvgIpc) is 4.12. The number of likely N-dealkylation sites (tertiary alicyclic amines) is 1. The number of ether oxygens (including phenoxy) is 2. The van der Waals surface area contributed by atoms with E-state index < -0.39 is 24.5 Å². The Kier molecular flexibility index (Phi) is 12.0. The number of hydrogen-bond donors (Lipinski definition) is 4. The van der Waals surface area contributed by atoms with Crippen LogP contribution in [0.2, 0.25) is 0 Å². The number of carbonyl (C=O) groups is 3. The highest BCUT2D eigenvalue weighted by atomic mass is 16.7. The van der Waals surface area contributed by atoms with Crippen LogP contribution in [0.15, 0.2) is 108 Å². The van der Waals surface area contributed by atoms with Crippen LogP contribution < -0.4 is 16.0 Å². The number of imidazole rings is 1.